The summed E-state index contributed by atoms with van der Waals surface area (Å²) in [5, 5.41) is 5.19. The summed E-state index contributed by atoms with van der Waals surface area (Å²) in [6, 6.07) is 1.94. The van der Waals surface area contributed by atoms with Crippen molar-refractivity contribution in [2.45, 2.75) is 39.4 Å². The van der Waals surface area contributed by atoms with Gasteiger partial charge in [-0.1, -0.05) is 32.4 Å². The number of alkyl halides is 3. The molecule has 1 atom stereocenters. The maximum atomic E-state index is 12.7. The van der Waals surface area contributed by atoms with E-state index >= 15 is 0 Å². The first-order valence-electron chi connectivity index (χ1n) is 8.12. The third-order valence-electron chi connectivity index (χ3n) is 3.45. The number of benzene rings is 1. The summed E-state index contributed by atoms with van der Waals surface area (Å²) in [5.41, 5.74) is -0.713. The fourth-order valence-corrected chi connectivity index (χ4v) is 2.25. The van der Waals surface area contributed by atoms with Gasteiger partial charge in [-0.15, -0.1) is 0 Å². The number of carbonyl (C=O) groups is 2. The average Bonchev–Trinajstić information content (AvgIpc) is 2.55. The molecular weight excluding hydrogens is 373 g/mol. The zero-order valence-corrected chi connectivity index (χ0v) is 15.5. The Kier molecular flexibility index (Phi) is 8.20. The Balaban J connectivity index is 2.79. The number of nitrogens with one attached hydrogen (secondary N) is 2. The lowest BCUT2D eigenvalue weighted by molar-refractivity contribution is -0.150. The van der Waals surface area contributed by atoms with Gasteiger partial charge in [-0.25, -0.2) is 4.79 Å². The van der Waals surface area contributed by atoms with Gasteiger partial charge in [-0.05, 0) is 30.5 Å². The summed E-state index contributed by atoms with van der Waals surface area (Å²) < 4.78 is 43.1. The van der Waals surface area contributed by atoms with E-state index in [0.717, 1.165) is 24.6 Å². The number of carbonyl (C=O) groups excluding carboxylic acids is 2. The molecule has 0 fully saturated rings. The van der Waals surface area contributed by atoms with E-state index in [0.29, 0.717) is 6.54 Å². The van der Waals surface area contributed by atoms with E-state index < -0.39 is 36.3 Å². The van der Waals surface area contributed by atoms with Crippen LogP contribution in [0.1, 0.15) is 32.8 Å². The van der Waals surface area contributed by atoms with Crippen molar-refractivity contribution in [2.75, 3.05) is 18.5 Å². The van der Waals surface area contributed by atoms with Gasteiger partial charge in [0.25, 0.3) is 5.91 Å². The molecule has 0 heterocycles. The minimum atomic E-state index is -4.51. The van der Waals surface area contributed by atoms with Crippen LogP contribution in [0.5, 0.6) is 0 Å². The van der Waals surface area contributed by atoms with Crippen molar-refractivity contribution in [1.29, 1.82) is 0 Å². The zero-order valence-electron chi connectivity index (χ0n) is 14.7. The molecule has 9 heteroatoms. The molecule has 0 saturated heterocycles. The Hall–Kier alpha value is -1.96. The number of hydrogen-bond donors (Lipinski definition) is 2. The van der Waals surface area contributed by atoms with Crippen LogP contribution in [0.15, 0.2) is 18.2 Å². The van der Waals surface area contributed by atoms with Crippen LogP contribution in [-0.4, -0.2) is 31.1 Å². The topological polar surface area (TPSA) is 67.4 Å². The maximum Gasteiger partial charge on any atom is 0.416 e. The SMILES string of the molecule is CCCNC(=O)COC(=O)[C@@H](Nc1ccc(C(F)(F)F)cc1Cl)C(C)C. The van der Waals surface area contributed by atoms with Gasteiger partial charge >= 0.3 is 12.1 Å². The van der Waals surface area contributed by atoms with Crippen molar-refractivity contribution in [3.63, 3.8) is 0 Å². The second-order valence-corrected chi connectivity index (χ2v) is 6.42. The van der Waals surface area contributed by atoms with Crippen molar-refractivity contribution in [3.05, 3.63) is 28.8 Å². The Morgan fingerprint density at radius 1 is 1.27 bits per heavy atom. The summed E-state index contributed by atoms with van der Waals surface area (Å²) in [4.78, 5) is 23.7. The van der Waals surface area contributed by atoms with E-state index in [-0.39, 0.29) is 16.6 Å². The van der Waals surface area contributed by atoms with Gasteiger partial charge in [-0.2, -0.15) is 13.2 Å². The highest BCUT2D eigenvalue weighted by Crippen LogP contribution is 2.34. The van der Waals surface area contributed by atoms with Crippen molar-refractivity contribution < 1.29 is 27.5 Å². The lowest BCUT2D eigenvalue weighted by Crippen LogP contribution is -2.38. The van der Waals surface area contributed by atoms with Crippen LogP contribution < -0.4 is 10.6 Å². The molecule has 1 rings (SSSR count). The molecule has 2 N–H and O–H groups in total. The average molecular weight is 395 g/mol. The normalized spacial score (nSPS) is 12.6. The summed E-state index contributed by atoms with van der Waals surface area (Å²) in [7, 11) is 0. The van der Waals surface area contributed by atoms with E-state index in [9.17, 15) is 22.8 Å². The number of rotatable bonds is 8. The molecule has 1 aromatic rings. The second-order valence-electron chi connectivity index (χ2n) is 6.02. The molecule has 0 aromatic heterocycles. The first-order chi connectivity index (χ1) is 12.1. The Bertz CT molecular complexity index is 636. The Morgan fingerprint density at radius 3 is 2.42 bits per heavy atom. The number of anilines is 1. The Morgan fingerprint density at radius 2 is 1.92 bits per heavy atom. The third-order valence-corrected chi connectivity index (χ3v) is 3.76. The lowest BCUT2D eigenvalue weighted by Gasteiger charge is -2.22. The molecule has 0 unspecified atom stereocenters. The second kappa shape index (κ2) is 9.66. The zero-order chi connectivity index (χ0) is 19.9. The lowest BCUT2D eigenvalue weighted by atomic mass is 10.0. The van der Waals surface area contributed by atoms with Crippen LogP contribution in [-0.2, 0) is 20.5 Å². The van der Waals surface area contributed by atoms with E-state index in [1.165, 1.54) is 0 Å². The van der Waals surface area contributed by atoms with Crippen molar-refractivity contribution in [2.24, 2.45) is 5.92 Å². The van der Waals surface area contributed by atoms with Gasteiger partial charge in [0.2, 0.25) is 0 Å². The first kappa shape index (κ1) is 22.1. The molecule has 0 aliphatic rings. The number of esters is 1. The van der Waals surface area contributed by atoms with Gasteiger partial charge in [-0.3, -0.25) is 4.79 Å². The van der Waals surface area contributed by atoms with Crippen LogP contribution in [0.2, 0.25) is 5.02 Å². The van der Waals surface area contributed by atoms with Gasteiger partial charge in [0.05, 0.1) is 16.3 Å². The Labute approximate surface area is 155 Å². The summed E-state index contributed by atoms with van der Waals surface area (Å²) >= 11 is 5.89. The predicted molar refractivity (Wildman–Crippen MR) is 93.0 cm³/mol. The smallest absolute Gasteiger partial charge is 0.416 e. The van der Waals surface area contributed by atoms with Crippen molar-refractivity contribution in [3.8, 4) is 0 Å². The number of ether oxygens (including phenoxy) is 1. The molecule has 5 nitrogen and oxygen atoms in total. The van der Waals surface area contributed by atoms with Crippen LogP contribution >= 0.6 is 11.6 Å². The highest BCUT2D eigenvalue weighted by Gasteiger charge is 2.31. The molecule has 0 saturated carbocycles. The molecule has 0 spiro atoms. The molecule has 1 amide bonds. The van der Waals surface area contributed by atoms with Gasteiger partial charge in [0, 0.05) is 6.54 Å². The van der Waals surface area contributed by atoms with Crippen molar-refractivity contribution in [1.82, 2.24) is 5.32 Å². The van der Waals surface area contributed by atoms with E-state index in [1.807, 2.05) is 6.92 Å². The van der Waals surface area contributed by atoms with Gasteiger partial charge in [0.15, 0.2) is 6.61 Å². The minimum absolute atomic E-state index is 0.168. The molecule has 0 aliphatic carbocycles. The highest BCUT2D eigenvalue weighted by atomic mass is 35.5. The van der Waals surface area contributed by atoms with Crippen LogP contribution in [0.3, 0.4) is 0 Å². The standard InChI is InChI=1S/C17H22ClF3N2O3/c1-4-7-22-14(24)9-26-16(25)15(10(2)3)23-13-6-5-11(8-12(13)18)17(19,20)21/h5-6,8,10,15,23H,4,7,9H2,1-3H3,(H,22,24)/t15-/m0/s1. The molecule has 0 bridgehead atoms. The first-order valence-corrected chi connectivity index (χ1v) is 8.50. The monoisotopic (exact) mass is 394 g/mol. The molecule has 0 radical (unpaired) electrons. The molecule has 0 aliphatic heterocycles. The minimum Gasteiger partial charge on any atom is -0.454 e. The number of hydrogen-bond acceptors (Lipinski definition) is 4. The number of amides is 1. The summed E-state index contributed by atoms with van der Waals surface area (Å²) in [5.74, 6) is -1.36. The fraction of sp³-hybridized carbons (Fsp3) is 0.529. The quantitative estimate of drug-likeness (QED) is 0.657. The molecule has 26 heavy (non-hydrogen) atoms. The van der Waals surface area contributed by atoms with E-state index in [1.54, 1.807) is 13.8 Å². The number of halogens is 4. The van der Waals surface area contributed by atoms with Crippen LogP contribution in [0.25, 0.3) is 0 Å². The molecule has 146 valence electrons. The summed E-state index contributed by atoms with van der Waals surface area (Å²) in [6.07, 6.45) is -3.76. The molecular formula is C17H22ClF3N2O3. The van der Waals surface area contributed by atoms with E-state index in [4.69, 9.17) is 16.3 Å². The van der Waals surface area contributed by atoms with Gasteiger partial charge < -0.3 is 15.4 Å². The fourth-order valence-electron chi connectivity index (χ4n) is 2.02. The maximum absolute atomic E-state index is 12.7. The van der Waals surface area contributed by atoms with Crippen molar-refractivity contribution >= 4 is 29.2 Å². The van der Waals surface area contributed by atoms with Crippen LogP contribution in [0.4, 0.5) is 18.9 Å². The van der Waals surface area contributed by atoms with Crippen LogP contribution in [0, 0.1) is 5.92 Å². The largest absolute Gasteiger partial charge is 0.454 e. The highest BCUT2D eigenvalue weighted by molar-refractivity contribution is 6.33. The molecule has 1 aromatic carbocycles. The summed E-state index contributed by atoms with van der Waals surface area (Å²) in [6.45, 7) is 5.40. The third kappa shape index (κ3) is 6.74. The van der Waals surface area contributed by atoms with Gasteiger partial charge in [0.1, 0.15) is 6.04 Å². The predicted octanol–water partition coefficient (Wildman–Crippen LogP) is 3.86. The van der Waals surface area contributed by atoms with E-state index in [2.05, 4.69) is 10.6 Å².